The molecule has 2 rings (SSSR count). The number of carboxylic acids is 1. The zero-order chi connectivity index (χ0) is 14.4. The summed E-state index contributed by atoms with van der Waals surface area (Å²) in [6.45, 7) is 0. The van der Waals surface area contributed by atoms with Crippen molar-refractivity contribution >= 4 is 17.6 Å². The number of anilines is 1. The fourth-order valence-corrected chi connectivity index (χ4v) is 1.64. The van der Waals surface area contributed by atoms with E-state index in [1.165, 1.54) is 18.5 Å². The summed E-state index contributed by atoms with van der Waals surface area (Å²) in [5.74, 6) is -1.29. The molecule has 0 saturated heterocycles. The topological polar surface area (TPSA) is 92.2 Å². The van der Waals surface area contributed by atoms with E-state index in [1.54, 1.807) is 6.20 Å². The van der Waals surface area contributed by atoms with E-state index in [-0.39, 0.29) is 17.9 Å². The Bertz CT molecular complexity index is 614. The molecule has 2 aromatic rings. The van der Waals surface area contributed by atoms with Gasteiger partial charge in [0.15, 0.2) is 0 Å². The Morgan fingerprint density at radius 3 is 2.80 bits per heavy atom. The van der Waals surface area contributed by atoms with E-state index in [0.29, 0.717) is 12.1 Å². The highest BCUT2D eigenvalue weighted by Crippen LogP contribution is 2.09. The zero-order valence-corrected chi connectivity index (χ0v) is 10.6. The molecule has 2 N–H and O–H groups in total. The van der Waals surface area contributed by atoms with Gasteiger partial charge in [-0.25, -0.2) is 4.79 Å². The largest absolute Gasteiger partial charge is 0.478 e. The Morgan fingerprint density at radius 1 is 1.25 bits per heavy atom. The molecule has 1 amide bonds. The summed E-state index contributed by atoms with van der Waals surface area (Å²) in [7, 11) is 0. The zero-order valence-electron chi connectivity index (χ0n) is 10.6. The number of aromatic nitrogens is 2. The average molecular weight is 271 g/mol. The molecule has 0 aliphatic carbocycles. The van der Waals surface area contributed by atoms with Crippen molar-refractivity contribution in [3.05, 3.63) is 54.1 Å². The van der Waals surface area contributed by atoms with Crippen LogP contribution in [0, 0.1) is 0 Å². The van der Waals surface area contributed by atoms with Crippen LogP contribution in [0.25, 0.3) is 0 Å². The van der Waals surface area contributed by atoms with Crippen molar-refractivity contribution in [2.75, 3.05) is 5.32 Å². The number of carbonyl (C=O) groups excluding carboxylic acids is 1. The molecular weight excluding hydrogens is 258 g/mol. The van der Waals surface area contributed by atoms with E-state index in [4.69, 9.17) is 5.11 Å². The lowest BCUT2D eigenvalue weighted by Gasteiger charge is -2.05. The summed E-state index contributed by atoms with van der Waals surface area (Å²) in [6, 6.07) is 6.89. The molecule has 0 bridgehead atoms. The normalized spacial score (nSPS) is 10.0. The van der Waals surface area contributed by atoms with E-state index in [1.807, 2.05) is 18.2 Å². The molecule has 2 aromatic heterocycles. The van der Waals surface area contributed by atoms with Crippen LogP contribution >= 0.6 is 0 Å². The molecule has 102 valence electrons. The molecule has 0 spiro atoms. The Hall–Kier alpha value is -2.76. The van der Waals surface area contributed by atoms with Crippen molar-refractivity contribution in [2.24, 2.45) is 0 Å². The van der Waals surface area contributed by atoms with Gasteiger partial charge in [-0.15, -0.1) is 0 Å². The first-order valence-electron chi connectivity index (χ1n) is 6.03. The lowest BCUT2D eigenvalue weighted by molar-refractivity contribution is -0.116. The summed E-state index contributed by atoms with van der Waals surface area (Å²) in [5, 5.41) is 11.4. The Balaban J connectivity index is 1.91. The minimum Gasteiger partial charge on any atom is -0.478 e. The number of hydrogen-bond acceptors (Lipinski definition) is 4. The number of nitrogens with zero attached hydrogens (tertiary/aromatic N) is 2. The first-order chi connectivity index (χ1) is 9.65. The number of carbonyl (C=O) groups is 2. The second-order valence-electron chi connectivity index (χ2n) is 4.14. The molecule has 6 heteroatoms. The number of pyridine rings is 2. The first kappa shape index (κ1) is 13.7. The third-order valence-corrected chi connectivity index (χ3v) is 2.60. The van der Waals surface area contributed by atoms with Crippen molar-refractivity contribution in [2.45, 2.75) is 12.8 Å². The summed E-state index contributed by atoms with van der Waals surface area (Å²) in [5.41, 5.74) is 1.24. The van der Waals surface area contributed by atoms with Crippen molar-refractivity contribution in [1.82, 2.24) is 9.97 Å². The molecule has 20 heavy (non-hydrogen) atoms. The highest BCUT2D eigenvalue weighted by atomic mass is 16.4. The van der Waals surface area contributed by atoms with Gasteiger partial charge in [-0.1, -0.05) is 6.07 Å². The second-order valence-corrected chi connectivity index (χ2v) is 4.14. The molecule has 0 aromatic carbocycles. The van der Waals surface area contributed by atoms with Crippen LogP contribution < -0.4 is 5.32 Å². The summed E-state index contributed by atoms with van der Waals surface area (Å²) in [4.78, 5) is 30.4. The molecule has 6 nitrogen and oxygen atoms in total. The van der Waals surface area contributed by atoms with E-state index in [2.05, 4.69) is 15.3 Å². The predicted molar refractivity (Wildman–Crippen MR) is 72.4 cm³/mol. The quantitative estimate of drug-likeness (QED) is 0.864. The standard InChI is InChI=1S/C14H13N3O3/c18-13(5-4-11-3-1-2-6-16-11)17-12-7-10(14(19)20)8-15-9-12/h1-3,6-9H,4-5H2,(H,17,18)(H,19,20). The molecule has 0 atom stereocenters. The van der Waals surface area contributed by atoms with Crippen LogP contribution in [-0.2, 0) is 11.2 Å². The van der Waals surface area contributed by atoms with Gasteiger partial charge in [0.25, 0.3) is 0 Å². The predicted octanol–water partition coefficient (Wildman–Crippen LogP) is 1.75. The SMILES string of the molecule is O=C(CCc1ccccn1)Nc1cncc(C(=O)O)c1. The maximum Gasteiger partial charge on any atom is 0.337 e. The van der Waals surface area contributed by atoms with Crippen molar-refractivity contribution in [3.8, 4) is 0 Å². The van der Waals surface area contributed by atoms with Gasteiger partial charge < -0.3 is 10.4 Å². The van der Waals surface area contributed by atoms with Gasteiger partial charge in [0.1, 0.15) is 0 Å². The van der Waals surface area contributed by atoms with Crippen LogP contribution in [0.5, 0.6) is 0 Å². The molecule has 0 radical (unpaired) electrons. The Kier molecular flexibility index (Phi) is 4.39. The molecule has 0 fully saturated rings. The molecule has 0 aliphatic heterocycles. The number of hydrogen-bond donors (Lipinski definition) is 2. The number of aromatic carboxylic acids is 1. The van der Waals surface area contributed by atoms with Crippen LogP contribution in [0.1, 0.15) is 22.5 Å². The molecule has 0 unspecified atom stereocenters. The highest BCUT2D eigenvalue weighted by molar-refractivity contribution is 5.93. The smallest absolute Gasteiger partial charge is 0.337 e. The first-order valence-corrected chi connectivity index (χ1v) is 6.03. The summed E-state index contributed by atoms with van der Waals surface area (Å²) >= 11 is 0. The fourth-order valence-electron chi connectivity index (χ4n) is 1.64. The van der Waals surface area contributed by atoms with Crippen LogP contribution in [0.15, 0.2) is 42.9 Å². The van der Waals surface area contributed by atoms with Crippen molar-refractivity contribution in [3.63, 3.8) is 0 Å². The van der Waals surface area contributed by atoms with E-state index >= 15 is 0 Å². The number of aryl methyl sites for hydroxylation is 1. The number of carboxylic acid groups (broad SMARTS) is 1. The van der Waals surface area contributed by atoms with E-state index in [0.717, 1.165) is 5.69 Å². The summed E-state index contributed by atoms with van der Waals surface area (Å²) in [6.07, 6.45) is 5.11. The number of nitrogens with one attached hydrogen (secondary N) is 1. The monoisotopic (exact) mass is 271 g/mol. The molecule has 0 aliphatic rings. The molecule has 2 heterocycles. The highest BCUT2D eigenvalue weighted by Gasteiger charge is 2.07. The lowest BCUT2D eigenvalue weighted by atomic mass is 10.2. The van der Waals surface area contributed by atoms with Gasteiger partial charge in [0, 0.05) is 24.5 Å². The maximum atomic E-state index is 11.8. The third-order valence-electron chi connectivity index (χ3n) is 2.60. The second kappa shape index (κ2) is 6.42. The minimum absolute atomic E-state index is 0.0347. The average Bonchev–Trinajstić information content (AvgIpc) is 2.46. The van der Waals surface area contributed by atoms with Gasteiger partial charge in [0.2, 0.25) is 5.91 Å². The van der Waals surface area contributed by atoms with Gasteiger partial charge in [-0.05, 0) is 24.6 Å². The van der Waals surface area contributed by atoms with Gasteiger partial charge in [-0.2, -0.15) is 0 Å². The van der Waals surface area contributed by atoms with Gasteiger partial charge >= 0.3 is 5.97 Å². The van der Waals surface area contributed by atoms with Crippen LogP contribution in [0.2, 0.25) is 0 Å². The van der Waals surface area contributed by atoms with Gasteiger partial charge in [-0.3, -0.25) is 14.8 Å². The Labute approximate surface area is 115 Å². The Morgan fingerprint density at radius 2 is 2.10 bits per heavy atom. The summed E-state index contributed by atoms with van der Waals surface area (Å²) < 4.78 is 0. The maximum absolute atomic E-state index is 11.8. The number of amides is 1. The molecular formula is C14H13N3O3. The van der Waals surface area contributed by atoms with Crippen molar-refractivity contribution < 1.29 is 14.7 Å². The lowest BCUT2D eigenvalue weighted by Crippen LogP contribution is -2.13. The fraction of sp³-hybridized carbons (Fsp3) is 0.143. The van der Waals surface area contributed by atoms with Crippen molar-refractivity contribution in [1.29, 1.82) is 0 Å². The van der Waals surface area contributed by atoms with Crippen LogP contribution in [-0.4, -0.2) is 27.0 Å². The third kappa shape index (κ3) is 3.88. The van der Waals surface area contributed by atoms with Gasteiger partial charge in [0.05, 0.1) is 17.4 Å². The van der Waals surface area contributed by atoms with E-state index < -0.39 is 5.97 Å². The molecule has 0 saturated carbocycles. The van der Waals surface area contributed by atoms with Crippen LogP contribution in [0.4, 0.5) is 5.69 Å². The number of rotatable bonds is 5. The minimum atomic E-state index is -1.08. The van der Waals surface area contributed by atoms with Crippen LogP contribution in [0.3, 0.4) is 0 Å². The van der Waals surface area contributed by atoms with E-state index in [9.17, 15) is 9.59 Å².